The predicted molar refractivity (Wildman–Crippen MR) is 58.9 cm³/mol. The molecule has 0 heterocycles. The first-order valence-corrected chi connectivity index (χ1v) is 5.85. The van der Waals surface area contributed by atoms with Crippen LogP contribution in [0.25, 0.3) is 0 Å². The summed E-state index contributed by atoms with van der Waals surface area (Å²) in [5.41, 5.74) is -0.430. The van der Waals surface area contributed by atoms with E-state index in [1.54, 1.807) is 0 Å². The number of hydrogen-bond donors (Lipinski definition) is 1. The normalized spacial score (nSPS) is 20.8. The molecule has 0 aromatic heterocycles. The molecule has 4 heteroatoms. The second kappa shape index (κ2) is 4.85. The summed E-state index contributed by atoms with van der Waals surface area (Å²) < 4.78 is 5.46. The van der Waals surface area contributed by atoms with Gasteiger partial charge in [-0.15, -0.1) is 0 Å². The lowest BCUT2D eigenvalue weighted by molar-refractivity contribution is -0.173. The number of hydrogen-bond acceptors (Lipinski definition) is 3. The molecule has 0 aromatic rings. The highest BCUT2D eigenvalue weighted by Gasteiger charge is 2.42. The molecule has 1 fully saturated rings. The van der Waals surface area contributed by atoms with E-state index in [1.165, 1.54) is 6.92 Å². The lowest BCUT2D eigenvalue weighted by Crippen LogP contribution is -2.40. The van der Waals surface area contributed by atoms with E-state index in [9.17, 15) is 9.59 Å². The molecule has 1 aliphatic rings. The summed E-state index contributed by atoms with van der Waals surface area (Å²) >= 11 is 0. The van der Waals surface area contributed by atoms with Gasteiger partial charge in [0.05, 0.1) is 0 Å². The van der Waals surface area contributed by atoms with Gasteiger partial charge >= 0.3 is 11.9 Å². The maximum absolute atomic E-state index is 11.6. The molecule has 0 spiro atoms. The number of carboxylic acid groups (broad SMARTS) is 1. The fourth-order valence-electron chi connectivity index (χ4n) is 2.16. The zero-order valence-electron chi connectivity index (χ0n) is 10.2. The van der Waals surface area contributed by atoms with E-state index in [2.05, 4.69) is 0 Å². The second-order valence-electron chi connectivity index (χ2n) is 4.91. The smallest absolute Gasteiger partial charge is 0.320 e. The van der Waals surface area contributed by atoms with Crippen molar-refractivity contribution in [3.8, 4) is 0 Å². The third-order valence-corrected chi connectivity index (χ3v) is 3.53. The van der Waals surface area contributed by atoms with Crippen LogP contribution in [0.5, 0.6) is 0 Å². The van der Waals surface area contributed by atoms with Crippen molar-refractivity contribution in [1.82, 2.24) is 0 Å². The van der Waals surface area contributed by atoms with Gasteiger partial charge in [0.2, 0.25) is 0 Å². The highest BCUT2D eigenvalue weighted by Crippen LogP contribution is 2.39. The Kier molecular flexibility index (Phi) is 3.94. The Labute approximate surface area is 96.0 Å². The van der Waals surface area contributed by atoms with Gasteiger partial charge in [-0.05, 0) is 38.5 Å². The van der Waals surface area contributed by atoms with E-state index >= 15 is 0 Å². The number of carbonyl (C=O) groups excluding carboxylic acids is 1. The SMILES string of the molecule is CC(C(=O)O)C(=O)OC1(C(C)C)CCCC1. The molecular weight excluding hydrogens is 208 g/mol. The Morgan fingerprint density at radius 1 is 1.19 bits per heavy atom. The summed E-state index contributed by atoms with van der Waals surface area (Å²) in [4.78, 5) is 22.3. The van der Waals surface area contributed by atoms with Gasteiger partial charge in [-0.3, -0.25) is 9.59 Å². The van der Waals surface area contributed by atoms with E-state index in [4.69, 9.17) is 9.84 Å². The van der Waals surface area contributed by atoms with Crippen molar-refractivity contribution < 1.29 is 19.4 Å². The van der Waals surface area contributed by atoms with Crippen molar-refractivity contribution in [2.45, 2.75) is 52.1 Å². The topological polar surface area (TPSA) is 63.6 Å². The van der Waals surface area contributed by atoms with Crippen LogP contribution in [0.1, 0.15) is 46.5 Å². The van der Waals surface area contributed by atoms with Crippen molar-refractivity contribution in [2.75, 3.05) is 0 Å². The fraction of sp³-hybridized carbons (Fsp3) is 0.833. The quantitative estimate of drug-likeness (QED) is 0.592. The van der Waals surface area contributed by atoms with Crippen LogP contribution in [-0.4, -0.2) is 22.6 Å². The standard InChI is InChI=1S/C12H20O4/c1-8(2)12(6-4-5-7-12)16-11(15)9(3)10(13)14/h8-9H,4-7H2,1-3H3,(H,13,14). The summed E-state index contributed by atoms with van der Waals surface area (Å²) in [6, 6.07) is 0. The highest BCUT2D eigenvalue weighted by atomic mass is 16.6. The summed E-state index contributed by atoms with van der Waals surface area (Å²) in [5, 5.41) is 8.75. The molecule has 1 aliphatic carbocycles. The van der Waals surface area contributed by atoms with Crippen LogP contribution in [0.4, 0.5) is 0 Å². The molecule has 1 rings (SSSR count). The lowest BCUT2D eigenvalue weighted by atomic mass is 9.88. The van der Waals surface area contributed by atoms with Crippen LogP contribution in [0.15, 0.2) is 0 Å². The van der Waals surface area contributed by atoms with Crippen molar-refractivity contribution in [1.29, 1.82) is 0 Å². The molecule has 1 N–H and O–H groups in total. The molecule has 4 nitrogen and oxygen atoms in total. The van der Waals surface area contributed by atoms with Crippen molar-refractivity contribution in [3.63, 3.8) is 0 Å². The molecule has 0 amide bonds. The third kappa shape index (κ3) is 2.54. The Balaban J connectivity index is 2.70. The van der Waals surface area contributed by atoms with Crippen molar-refractivity contribution in [3.05, 3.63) is 0 Å². The number of aliphatic carboxylic acids is 1. The maximum Gasteiger partial charge on any atom is 0.320 e. The minimum atomic E-state index is -1.12. The van der Waals surface area contributed by atoms with Gasteiger partial charge in [0.25, 0.3) is 0 Å². The first-order valence-electron chi connectivity index (χ1n) is 5.85. The minimum Gasteiger partial charge on any atom is -0.481 e. The van der Waals surface area contributed by atoms with E-state index in [0.717, 1.165) is 25.7 Å². The van der Waals surface area contributed by atoms with Crippen molar-refractivity contribution in [2.24, 2.45) is 11.8 Å². The van der Waals surface area contributed by atoms with Crippen LogP contribution < -0.4 is 0 Å². The fourth-order valence-corrected chi connectivity index (χ4v) is 2.16. The molecule has 1 atom stereocenters. The Morgan fingerprint density at radius 3 is 2.06 bits per heavy atom. The van der Waals surface area contributed by atoms with Crippen LogP contribution in [-0.2, 0) is 14.3 Å². The van der Waals surface area contributed by atoms with Gasteiger partial charge in [0.15, 0.2) is 5.92 Å². The van der Waals surface area contributed by atoms with Gasteiger partial charge in [-0.25, -0.2) is 0 Å². The zero-order chi connectivity index (χ0) is 12.3. The zero-order valence-corrected chi connectivity index (χ0v) is 10.2. The van der Waals surface area contributed by atoms with Gasteiger partial charge in [0.1, 0.15) is 5.60 Å². The molecular formula is C12H20O4. The third-order valence-electron chi connectivity index (χ3n) is 3.53. The summed E-state index contributed by atoms with van der Waals surface area (Å²) in [6.45, 7) is 5.40. The average Bonchev–Trinajstić information content (AvgIpc) is 2.66. The number of rotatable bonds is 4. The predicted octanol–water partition coefficient (Wildman–Crippen LogP) is 2.22. The number of carbonyl (C=O) groups is 2. The van der Waals surface area contributed by atoms with Crippen LogP contribution in [0.2, 0.25) is 0 Å². The second-order valence-corrected chi connectivity index (χ2v) is 4.91. The van der Waals surface area contributed by atoms with Crippen LogP contribution in [0, 0.1) is 11.8 Å². The number of carboxylic acids is 1. The van der Waals surface area contributed by atoms with Crippen molar-refractivity contribution >= 4 is 11.9 Å². The lowest BCUT2D eigenvalue weighted by Gasteiger charge is -2.33. The first kappa shape index (κ1) is 13.0. The summed E-state index contributed by atoms with van der Waals surface area (Å²) in [6.07, 6.45) is 3.80. The Morgan fingerprint density at radius 2 is 1.69 bits per heavy atom. The van der Waals surface area contributed by atoms with Gasteiger partial charge < -0.3 is 9.84 Å². The molecule has 0 radical (unpaired) electrons. The Bertz CT molecular complexity index is 277. The molecule has 1 unspecified atom stereocenters. The van der Waals surface area contributed by atoms with E-state index < -0.39 is 23.5 Å². The minimum absolute atomic E-state index is 0.236. The van der Waals surface area contributed by atoms with Gasteiger partial charge in [-0.2, -0.15) is 0 Å². The van der Waals surface area contributed by atoms with Crippen LogP contribution in [0.3, 0.4) is 0 Å². The summed E-state index contributed by atoms with van der Waals surface area (Å²) in [5.74, 6) is -2.57. The first-order chi connectivity index (χ1) is 7.39. The maximum atomic E-state index is 11.6. The molecule has 1 saturated carbocycles. The number of esters is 1. The molecule has 16 heavy (non-hydrogen) atoms. The molecule has 0 aliphatic heterocycles. The van der Waals surface area contributed by atoms with Crippen LogP contribution >= 0.6 is 0 Å². The van der Waals surface area contributed by atoms with E-state index in [1.807, 2.05) is 13.8 Å². The van der Waals surface area contributed by atoms with E-state index in [-0.39, 0.29) is 5.92 Å². The average molecular weight is 228 g/mol. The highest BCUT2D eigenvalue weighted by molar-refractivity contribution is 5.93. The van der Waals surface area contributed by atoms with Gasteiger partial charge in [0, 0.05) is 0 Å². The molecule has 92 valence electrons. The van der Waals surface area contributed by atoms with Gasteiger partial charge in [-0.1, -0.05) is 13.8 Å². The monoisotopic (exact) mass is 228 g/mol. The largest absolute Gasteiger partial charge is 0.481 e. The molecule has 0 aromatic carbocycles. The molecule has 0 bridgehead atoms. The number of ether oxygens (including phenoxy) is 1. The summed E-state index contributed by atoms with van der Waals surface area (Å²) in [7, 11) is 0. The van der Waals surface area contributed by atoms with E-state index in [0.29, 0.717) is 0 Å². The Hall–Kier alpha value is -1.06. The molecule has 0 saturated heterocycles.